The lowest BCUT2D eigenvalue weighted by atomic mass is 10.1. The summed E-state index contributed by atoms with van der Waals surface area (Å²) in [4.78, 5) is 24.1. The molecule has 0 aliphatic carbocycles. The molecule has 0 radical (unpaired) electrons. The molecule has 0 saturated carbocycles. The lowest BCUT2D eigenvalue weighted by molar-refractivity contribution is -0.118. The van der Waals surface area contributed by atoms with Gasteiger partial charge < -0.3 is 15.4 Å². The summed E-state index contributed by atoms with van der Waals surface area (Å²) < 4.78 is 5.54. The van der Waals surface area contributed by atoms with E-state index in [1.54, 1.807) is 24.3 Å². The Balaban J connectivity index is 2.01. The lowest BCUT2D eigenvalue weighted by Crippen LogP contribution is -2.26. The van der Waals surface area contributed by atoms with E-state index in [1.165, 1.54) is 0 Å². The Morgan fingerprint density at radius 3 is 2.38 bits per heavy atom. The van der Waals surface area contributed by atoms with Crippen LogP contribution >= 0.6 is 0 Å². The van der Waals surface area contributed by atoms with Crippen LogP contribution in [0, 0.1) is 13.8 Å². The van der Waals surface area contributed by atoms with Gasteiger partial charge in [-0.3, -0.25) is 9.59 Å². The number of ether oxygens (including phenoxy) is 1. The Morgan fingerprint density at radius 1 is 1.04 bits per heavy atom. The second-order valence-electron chi connectivity index (χ2n) is 5.57. The van der Waals surface area contributed by atoms with Crippen molar-refractivity contribution in [1.82, 2.24) is 5.32 Å². The van der Waals surface area contributed by atoms with Crippen LogP contribution in [0.3, 0.4) is 0 Å². The third-order valence-electron chi connectivity index (χ3n) is 3.35. The summed E-state index contributed by atoms with van der Waals surface area (Å²) in [6, 6.07) is 12.7. The van der Waals surface area contributed by atoms with E-state index >= 15 is 0 Å². The minimum absolute atomic E-state index is 0.118. The highest BCUT2D eigenvalue weighted by molar-refractivity contribution is 6.04. The van der Waals surface area contributed by atoms with E-state index in [1.807, 2.05) is 39.0 Å². The number of nitrogens with one attached hydrogen (secondary N) is 2. The van der Waals surface area contributed by atoms with Crippen LogP contribution in [0.1, 0.15) is 28.4 Å². The van der Waals surface area contributed by atoms with E-state index in [2.05, 4.69) is 10.6 Å². The fourth-order valence-corrected chi connectivity index (χ4v) is 2.40. The Kier molecular flexibility index (Phi) is 5.95. The zero-order chi connectivity index (χ0) is 17.5. The summed E-state index contributed by atoms with van der Waals surface area (Å²) in [5, 5.41) is 5.45. The lowest BCUT2D eigenvalue weighted by Gasteiger charge is -2.12. The number of benzene rings is 2. The SMILES string of the molecule is CCNC(=O)c1ccccc1NC(=O)COc1cc(C)cc(C)c1. The molecule has 0 atom stereocenters. The molecule has 0 aliphatic heterocycles. The fourth-order valence-electron chi connectivity index (χ4n) is 2.40. The second kappa shape index (κ2) is 8.15. The Bertz CT molecular complexity index is 721. The first-order valence-corrected chi connectivity index (χ1v) is 7.87. The number of carbonyl (C=O) groups excluding carboxylic acids is 2. The topological polar surface area (TPSA) is 67.4 Å². The van der Waals surface area contributed by atoms with E-state index in [9.17, 15) is 9.59 Å². The quantitative estimate of drug-likeness (QED) is 0.857. The molecule has 2 N–H and O–H groups in total. The maximum atomic E-state index is 12.1. The molecule has 0 unspecified atom stereocenters. The Labute approximate surface area is 142 Å². The average Bonchev–Trinajstić information content (AvgIpc) is 2.53. The molecule has 24 heavy (non-hydrogen) atoms. The molecule has 0 fully saturated rings. The summed E-state index contributed by atoms with van der Waals surface area (Å²) in [5.74, 6) is 0.120. The molecule has 0 bridgehead atoms. The maximum absolute atomic E-state index is 12.1. The molecule has 5 nitrogen and oxygen atoms in total. The molecule has 0 aliphatic rings. The molecule has 2 amide bonds. The van der Waals surface area contributed by atoms with Gasteiger partial charge in [0.25, 0.3) is 11.8 Å². The van der Waals surface area contributed by atoms with Crippen LogP contribution in [0.4, 0.5) is 5.69 Å². The minimum Gasteiger partial charge on any atom is -0.484 e. The molecule has 2 rings (SSSR count). The highest BCUT2D eigenvalue weighted by Gasteiger charge is 2.12. The van der Waals surface area contributed by atoms with Crippen molar-refractivity contribution in [2.75, 3.05) is 18.5 Å². The van der Waals surface area contributed by atoms with Crippen LogP contribution in [0.15, 0.2) is 42.5 Å². The molecule has 0 spiro atoms. The standard InChI is InChI=1S/C19H22N2O3/c1-4-20-19(23)16-7-5-6-8-17(16)21-18(22)12-24-15-10-13(2)9-14(3)11-15/h5-11H,4,12H2,1-3H3,(H,20,23)(H,21,22). The van der Waals surface area contributed by atoms with Crippen molar-refractivity contribution in [3.8, 4) is 5.75 Å². The number of rotatable bonds is 6. The predicted molar refractivity (Wildman–Crippen MR) is 94.5 cm³/mol. The smallest absolute Gasteiger partial charge is 0.262 e. The summed E-state index contributed by atoms with van der Waals surface area (Å²) in [6.07, 6.45) is 0. The van der Waals surface area contributed by atoms with Gasteiger partial charge in [-0.25, -0.2) is 0 Å². The summed E-state index contributed by atoms with van der Waals surface area (Å²) in [6.45, 7) is 6.20. The number of amides is 2. The highest BCUT2D eigenvalue weighted by Crippen LogP contribution is 2.17. The Morgan fingerprint density at radius 2 is 1.71 bits per heavy atom. The van der Waals surface area contributed by atoms with Crippen molar-refractivity contribution in [3.63, 3.8) is 0 Å². The normalized spacial score (nSPS) is 10.1. The number of aryl methyl sites for hydroxylation is 2. The van der Waals surface area contributed by atoms with E-state index in [0.717, 1.165) is 11.1 Å². The van der Waals surface area contributed by atoms with Crippen molar-refractivity contribution in [3.05, 3.63) is 59.2 Å². The Hall–Kier alpha value is -2.82. The monoisotopic (exact) mass is 326 g/mol. The average molecular weight is 326 g/mol. The van der Waals surface area contributed by atoms with Crippen molar-refractivity contribution >= 4 is 17.5 Å². The van der Waals surface area contributed by atoms with Crippen LogP contribution < -0.4 is 15.4 Å². The zero-order valence-electron chi connectivity index (χ0n) is 14.2. The first kappa shape index (κ1) is 17.5. The van der Waals surface area contributed by atoms with Gasteiger partial charge >= 0.3 is 0 Å². The number of anilines is 1. The molecule has 0 heterocycles. The zero-order valence-corrected chi connectivity index (χ0v) is 14.2. The molecular weight excluding hydrogens is 304 g/mol. The molecule has 126 valence electrons. The highest BCUT2D eigenvalue weighted by atomic mass is 16.5. The predicted octanol–water partition coefficient (Wildman–Crippen LogP) is 3.07. The van der Waals surface area contributed by atoms with Gasteiger partial charge in [-0.05, 0) is 56.2 Å². The number of hydrogen-bond acceptors (Lipinski definition) is 3. The van der Waals surface area contributed by atoms with Crippen LogP contribution in [0.25, 0.3) is 0 Å². The van der Waals surface area contributed by atoms with Crippen molar-refractivity contribution in [2.45, 2.75) is 20.8 Å². The van der Waals surface area contributed by atoms with Gasteiger partial charge in [0.15, 0.2) is 6.61 Å². The minimum atomic E-state index is -0.314. The van der Waals surface area contributed by atoms with Gasteiger partial charge in [0, 0.05) is 6.54 Å². The fraction of sp³-hybridized carbons (Fsp3) is 0.263. The van der Waals surface area contributed by atoms with Crippen molar-refractivity contribution < 1.29 is 14.3 Å². The van der Waals surface area contributed by atoms with Gasteiger partial charge in [0.1, 0.15) is 5.75 Å². The largest absolute Gasteiger partial charge is 0.484 e. The number of hydrogen-bond donors (Lipinski definition) is 2. The van der Waals surface area contributed by atoms with Crippen LogP contribution in [-0.4, -0.2) is 25.0 Å². The van der Waals surface area contributed by atoms with E-state index < -0.39 is 0 Å². The van der Waals surface area contributed by atoms with Gasteiger partial charge in [-0.2, -0.15) is 0 Å². The first-order chi connectivity index (χ1) is 11.5. The van der Waals surface area contributed by atoms with Crippen LogP contribution in [-0.2, 0) is 4.79 Å². The van der Waals surface area contributed by atoms with Gasteiger partial charge in [-0.1, -0.05) is 18.2 Å². The summed E-state index contributed by atoms with van der Waals surface area (Å²) >= 11 is 0. The van der Waals surface area contributed by atoms with Crippen molar-refractivity contribution in [2.24, 2.45) is 0 Å². The van der Waals surface area contributed by atoms with Gasteiger partial charge in [0.2, 0.25) is 0 Å². The van der Waals surface area contributed by atoms with E-state index in [-0.39, 0.29) is 18.4 Å². The molecule has 5 heteroatoms. The van der Waals surface area contributed by atoms with E-state index in [0.29, 0.717) is 23.5 Å². The van der Waals surface area contributed by atoms with Crippen molar-refractivity contribution in [1.29, 1.82) is 0 Å². The number of carbonyl (C=O) groups is 2. The molecular formula is C19H22N2O3. The molecule has 0 aromatic heterocycles. The third-order valence-corrected chi connectivity index (χ3v) is 3.35. The molecule has 2 aromatic rings. The van der Waals surface area contributed by atoms with E-state index in [4.69, 9.17) is 4.74 Å². The molecule has 0 saturated heterocycles. The van der Waals surface area contributed by atoms with Crippen LogP contribution in [0.2, 0.25) is 0 Å². The van der Waals surface area contributed by atoms with Gasteiger partial charge in [-0.15, -0.1) is 0 Å². The van der Waals surface area contributed by atoms with Crippen LogP contribution in [0.5, 0.6) is 5.75 Å². The maximum Gasteiger partial charge on any atom is 0.262 e. The first-order valence-electron chi connectivity index (χ1n) is 7.87. The third kappa shape index (κ3) is 4.84. The van der Waals surface area contributed by atoms with Gasteiger partial charge in [0.05, 0.1) is 11.3 Å². The summed E-state index contributed by atoms with van der Waals surface area (Å²) in [7, 11) is 0. The summed E-state index contributed by atoms with van der Waals surface area (Å²) in [5.41, 5.74) is 3.05. The number of para-hydroxylation sites is 1. The second-order valence-corrected chi connectivity index (χ2v) is 5.57. The molecule has 2 aromatic carbocycles.